The SMILES string of the molecule is O=C1OC23CC4CC(C2)CC2(C4)OC(=O)OC32O1. The lowest BCUT2D eigenvalue weighted by Crippen LogP contribution is -2.74. The van der Waals surface area contributed by atoms with Crippen molar-refractivity contribution in [1.82, 2.24) is 0 Å². The molecule has 0 N–H and O–H groups in total. The fourth-order valence-electron chi connectivity index (χ4n) is 5.22. The molecule has 6 aliphatic rings. The second-order valence-corrected chi connectivity index (χ2v) is 6.30. The normalized spacial score (nSPS) is 58.4. The van der Waals surface area contributed by atoms with Crippen molar-refractivity contribution in [3.8, 4) is 0 Å². The van der Waals surface area contributed by atoms with Crippen molar-refractivity contribution in [2.75, 3.05) is 0 Å². The van der Waals surface area contributed by atoms with Gasteiger partial charge in [0.15, 0.2) is 11.2 Å². The van der Waals surface area contributed by atoms with Crippen LogP contribution in [0.2, 0.25) is 0 Å². The van der Waals surface area contributed by atoms with Crippen LogP contribution in [-0.4, -0.2) is 29.3 Å². The van der Waals surface area contributed by atoms with E-state index in [4.69, 9.17) is 18.9 Å². The molecule has 6 fully saturated rings. The summed E-state index contributed by atoms with van der Waals surface area (Å²) in [7, 11) is 0. The molecule has 18 heavy (non-hydrogen) atoms. The Morgan fingerprint density at radius 3 is 1.67 bits per heavy atom. The van der Waals surface area contributed by atoms with Crippen LogP contribution in [0.4, 0.5) is 9.59 Å². The quantitative estimate of drug-likeness (QED) is 0.611. The maximum absolute atomic E-state index is 11.6. The number of carbonyl (C=O) groups is 2. The molecule has 96 valence electrons. The van der Waals surface area contributed by atoms with E-state index < -0.39 is 29.3 Å². The van der Waals surface area contributed by atoms with Crippen LogP contribution in [0.5, 0.6) is 0 Å². The minimum atomic E-state index is -1.32. The van der Waals surface area contributed by atoms with Crippen LogP contribution in [0.3, 0.4) is 0 Å². The van der Waals surface area contributed by atoms with E-state index in [1.165, 1.54) is 0 Å². The first kappa shape index (κ1) is 9.47. The molecule has 2 heterocycles. The molecule has 0 amide bonds. The first-order valence-corrected chi connectivity index (χ1v) is 6.40. The number of hydrogen-bond acceptors (Lipinski definition) is 6. The van der Waals surface area contributed by atoms with Crippen LogP contribution in [0, 0.1) is 11.8 Å². The summed E-state index contributed by atoms with van der Waals surface area (Å²) < 4.78 is 21.6. The maximum atomic E-state index is 11.6. The van der Waals surface area contributed by atoms with Crippen molar-refractivity contribution in [1.29, 1.82) is 0 Å². The molecule has 6 heteroatoms. The molecule has 0 radical (unpaired) electrons. The summed E-state index contributed by atoms with van der Waals surface area (Å²) in [5.41, 5.74) is -1.61. The van der Waals surface area contributed by atoms with Crippen molar-refractivity contribution in [3.05, 3.63) is 0 Å². The molecule has 0 unspecified atom stereocenters. The summed E-state index contributed by atoms with van der Waals surface area (Å²) in [6.45, 7) is 0. The maximum Gasteiger partial charge on any atom is 0.512 e. The van der Waals surface area contributed by atoms with Crippen LogP contribution in [0.15, 0.2) is 0 Å². The highest BCUT2D eigenvalue weighted by Crippen LogP contribution is 2.70. The van der Waals surface area contributed by atoms with E-state index in [2.05, 4.69) is 0 Å². The van der Waals surface area contributed by atoms with E-state index in [-0.39, 0.29) is 0 Å². The van der Waals surface area contributed by atoms with E-state index in [9.17, 15) is 9.59 Å². The van der Waals surface area contributed by atoms with Crippen LogP contribution < -0.4 is 0 Å². The zero-order valence-corrected chi connectivity index (χ0v) is 9.64. The van der Waals surface area contributed by atoms with Crippen LogP contribution in [0.1, 0.15) is 32.1 Å². The van der Waals surface area contributed by atoms with E-state index in [1.807, 2.05) is 0 Å². The van der Waals surface area contributed by atoms with Crippen molar-refractivity contribution < 1.29 is 28.5 Å². The molecule has 3 spiro atoms. The lowest BCUT2D eigenvalue weighted by atomic mass is 9.49. The third kappa shape index (κ3) is 0.727. The summed E-state index contributed by atoms with van der Waals surface area (Å²) in [5.74, 6) is -0.467. The Morgan fingerprint density at radius 1 is 0.778 bits per heavy atom. The molecule has 0 aromatic heterocycles. The largest absolute Gasteiger partial charge is 0.512 e. The van der Waals surface area contributed by atoms with Gasteiger partial charge in [0.2, 0.25) is 0 Å². The Balaban J connectivity index is 1.78. The van der Waals surface area contributed by atoms with Crippen molar-refractivity contribution in [2.45, 2.75) is 49.1 Å². The van der Waals surface area contributed by atoms with Gasteiger partial charge < -0.3 is 18.9 Å². The highest BCUT2D eigenvalue weighted by molar-refractivity contribution is 5.71. The molecule has 2 saturated heterocycles. The average Bonchev–Trinajstić information content (AvgIpc) is 2.63. The van der Waals surface area contributed by atoms with Crippen molar-refractivity contribution >= 4 is 12.3 Å². The molecule has 4 aliphatic carbocycles. The summed E-state index contributed by atoms with van der Waals surface area (Å²) in [5, 5.41) is 0. The molecular formula is C12H12O6. The van der Waals surface area contributed by atoms with E-state index in [0.29, 0.717) is 37.5 Å². The van der Waals surface area contributed by atoms with Gasteiger partial charge in [-0.15, -0.1) is 0 Å². The van der Waals surface area contributed by atoms with Crippen molar-refractivity contribution in [3.63, 3.8) is 0 Å². The molecule has 0 atom stereocenters. The summed E-state index contributed by atoms with van der Waals surface area (Å²) in [4.78, 5) is 23.2. The van der Waals surface area contributed by atoms with Gasteiger partial charge in [0.25, 0.3) is 0 Å². The second-order valence-electron chi connectivity index (χ2n) is 6.30. The van der Waals surface area contributed by atoms with E-state index >= 15 is 0 Å². The fraction of sp³-hybridized carbons (Fsp3) is 0.833. The first-order chi connectivity index (χ1) is 8.57. The summed E-state index contributed by atoms with van der Waals surface area (Å²) >= 11 is 0. The second kappa shape index (κ2) is 2.33. The van der Waals surface area contributed by atoms with Gasteiger partial charge in [0.05, 0.1) is 0 Å². The molecule has 4 bridgehead atoms. The van der Waals surface area contributed by atoms with E-state index in [0.717, 1.165) is 6.42 Å². The predicted octanol–water partition coefficient (Wildman–Crippen LogP) is 1.72. The lowest BCUT2D eigenvalue weighted by Gasteiger charge is -2.60. The van der Waals surface area contributed by atoms with Gasteiger partial charge >= 0.3 is 18.1 Å². The molecule has 2 aliphatic heterocycles. The number of rotatable bonds is 0. The van der Waals surface area contributed by atoms with Crippen LogP contribution >= 0.6 is 0 Å². The Bertz CT molecular complexity index is 441. The standard InChI is InChI=1S/C12H12O6/c13-8-15-10-2-6-1-7(4-10)5-11(3-6)12(10,17-8)18-9(14)16-11/h6-7H,1-5H2. The highest BCUT2D eigenvalue weighted by Gasteiger charge is 2.87. The van der Waals surface area contributed by atoms with Crippen LogP contribution in [0.25, 0.3) is 0 Å². The topological polar surface area (TPSA) is 71.1 Å². The van der Waals surface area contributed by atoms with E-state index in [1.54, 1.807) is 0 Å². The smallest absolute Gasteiger partial charge is 0.419 e. The zero-order chi connectivity index (χ0) is 12.2. The molecule has 4 saturated carbocycles. The third-order valence-electron chi connectivity index (χ3n) is 5.35. The summed E-state index contributed by atoms with van der Waals surface area (Å²) in [6.07, 6.45) is 2.51. The first-order valence-electron chi connectivity index (χ1n) is 6.40. The van der Waals surface area contributed by atoms with Gasteiger partial charge in [-0.2, -0.15) is 0 Å². The lowest BCUT2D eigenvalue weighted by molar-refractivity contribution is -0.315. The minimum absolute atomic E-state index is 0.426. The van der Waals surface area contributed by atoms with Gasteiger partial charge in [-0.3, -0.25) is 0 Å². The number of hydrogen-bond donors (Lipinski definition) is 0. The molecule has 6 nitrogen and oxygen atoms in total. The number of carbonyl (C=O) groups excluding carboxylic acids is 2. The van der Waals surface area contributed by atoms with Crippen LogP contribution in [-0.2, 0) is 18.9 Å². The summed E-state index contributed by atoms with van der Waals surface area (Å²) in [6, 6.07) is 0. The Kier molecular flexibility index (Phi) is 1.23. The Morgan fingerprint density at radius 2 is 1.22 bits per heavy atom. The van der Waals surface area contributed by atoms with Crippen molar-refractivity contribution in [2.24, 2.45) is 11.8 Å². The molecule has 0 aromatic carbocycles. The molecule has 6 rings (SSSR count). The Hall–Kier alpha value is -1.46. The average molecular weight is 252 g/mol. The van der Waals surface area contributed by atoms with Gasteiger partial charge in [-0.05, 0) is 43.9 Å². The van der Waals surface area contributed by atoms with Gasteiger partial charge in [-0.1, -0.05) is 0 Å². The third-order valence-corrected chi connectivity index (χ3v) is 5.35. The molecule has 0 aromatic rings. The Labute approximate surface area is 103 Å². The fourth-order valence-corrected chi connectivity index (χ4v) is 5.22. The predicted molar refractivity (Wildman–Crippen MR) is 53.4 cm³/mol. The highest BCUT2D eigenvalue weighted by atomic mass is 16.9. The molecular weight excluding hydrogens is 240 g/mol. The van der Waals surface area contributed by atoms with Gasteiger partial charge in [0.1, 0.15) is 0 Å². The monoisotopic (exact) mass is 252 g/mol. The minimum Gasteiger partial charge on any atom is -0.419 e. The number of ether oxygens (including phenoxy) is 4. The van der Waals surface area contributed by atoms with Gasteiger partial charge in [0, 0.05) is 0 Å². The zero-order valence-electron chi connectivity index (χ0n) is 9.64. The van der Waals surface area contributed by atoms with Gasteiger partial charge in [-0.25, -0.2) is 9.59 Å².